The number of hydrogen-bond acceptors (Lipinski definition) is 6. The Morgan fingerprint density at radius 2 is 2.12 bits per heavy atom. The highest BCUT2D eigenvalue weighted by molar-refractivity contribution is 7.90. The molecule has 0 bridgehead atoms. The monoisotopic (exact) mass is 268 g/mol. The average Bonchev–Trinajstić information content (AvgIpc) is 2.23. The zero-order valence-electron chi connectivity index (χ0n) is 10.0. The van der Waals surface area contributed by atoms with Gasteiger partial charge in [0.05, 0.1) is 31.1 Å². The molecule has 17 heavy (non-hydrogen) atoms. The van der Waals surface area contributed by atoms with Gasteiger partial charge in [0.2, 0.25) is 5.91 Å². The van der Waals surface area contributed by atoms with Crippen LogP contribution in [0.5, 0.6) is 0 Å². The molecule has 7 nitrogen and oxygen atoms in total. The Bertz CT molecular complexity index is 330. The maximum absolute atomic E-state index is 11.5. The number of carbonyl (C=O) groups is 1. The summed E-state index contributed by atoms with van der Waals surface area (Å²) in [6, 6.07) is -1.44. The smallest absolute Gasteiger partial charge is 0.237 e. The minimum absolute atomic E-state index is 0.0514. The molecule has 2 unspecified atom stereocenters. The molecule has 0 saturated carbocycles. The summed E-state index contributed by atoms with van der Waals surface area (Å²) in [5.41, 5.74) is 5.52. The predicted molar refractivity (Wildman–Crippen MR) is 63.2 cm³/mol. The van der Waals surface area contributed by atoms with Crippen LogP contribution >= 0.6 is 0 Å². The van der Waals surface area contributed by atoms with E-state index >= 15 is 0 Å². The van der Waals surface area contributed by atoms with Crippen LogP contribution in [0, 0.1) is 0 Å². The Hall–Kier alpha value is -0.700. The van der Waals surface area contributed by atoms with E-state index in [4.69, 9.17) is 15.6 Å². The van der Waals surface area contributed by atoms with Crippen LogP contribution in [0.4, 0.5) is 0 Å². The second-order valence-electron chi connectivity index (χ2n) is 3.87. The lowest BCUT2D eigenvalue weighted by molar-refractivity contribution is -0.123. The van der Waals surface area contributed by atoms with Gasteiger partial charge in [-0.1, -0.05) is 0 Å². The lowest BCUT2D eigenvalue weighted by Crippen LogP contribution is -2.48. The van der Waals surface area contributed by atoms with Gasteiger partial charge in [0.1, 0.15) is 9.84 Å². The van der Waals surface area contributed by atoms with Crippen molar-refractivity contribution in [1.82, 2.24) is 5.32 Å². The third-order valence-corrected chi connectivity index (χ3v) is 3.05. The van der Waals surface area contributed by atoms with Crippen molar-refractivity contribution < 1.29 is 23.1 Å². The molecule has 1 amide bonds. The van der Waals surface area contributed by atoms with Crippen molar-refractivity contribution in [2.24, 2.45) is 5.73 Å². The fraction of sp³-hybridized carbons (Fsp3) is 0.889. The summed E-state index contributed by atoms with van der Waals surface area (Å²) in [4.78, 5) is 11.5. The zero-order valence-corrected chi connectivity index (χ0v) is 10.9. The van der Waals surface area contributed by atoms with Crippen LogP contribution in [-0.4, -0.2) is 63.8 Å². The number of amides is 1. The van der Waals surface area contributed by atoms with E-state index in [0.29, 0.717) is 0 Å². The fourth-order valence-electron chi connectivity index (χ4n) is 1.12. The SMILES string of the molecule is COCC(CO)NC(=O)C(N)CCS(C)(=O)=O. The van der Waals surface area contributed by atoms with Crippen molar-refractivity contribution in [3.8, 4) is 0 Å². The molecule has 0 spiro atoms. The van der Waals surface area contributed by atoms with Crippen LogP contribution in [0.25, 0.3) is 0 Å². The Balaban J connectivity index is 4.12. The lowest BCUT2D eigenvalue weighted by Gasteiger charge is -2.18. The van der Waals surface area contributed by atoms with Gasteiger partial charge < -0.3 is 20.9 Å². The van der Waals surface area contributed by atoms with Crippen LogP contribution in [0.3, 0.4) is 0 Å². The van der Waals surface area contributed by atoms with Gasteiger partial charge in [-0.3, -0.25) is 4.79 Å². The summed E-state index contributed by atoms with van der Waals surface area (Å²) >= 11 is 0. The van der Waals surface area contributed by atoms with E-state index in [2.05, 4.69) is 5.32 Å². The highest BCUT2D eigenvalue weighted by Crippen LogP contribution is 1.95. The molecule has 4 N–H and O–H groups in total. The second-order valence-corrected chi connectivity index (χ2v) is 6.13. The maximum Gasteiger partial charge on any atom is 0.237 e. The molecule has 0 rings (SSSR count). The van der Waals surface area contributed by atoms with Crippen molar-refractivity contribution >= 4 is 15.7 Å². The number of nitrogens with two attached hydrogens (primary N) is 1. The molecule has 0 saturated heterocycles. The summed E-state index contributed by atoms with van der Waals surface area (Å²) in [6.45, 7) is -0.0978. The van der Waals surface area contributed by atoms with Crippen molar-refractivity contribution in [2.45, 2.75) is 18.5 Å². The normalized spacial score (nSPS) is 15.3. The standard InChI is InChI=1S/C9H20N2O5S/c1-16-6-7(5-12)11-9(13)8(10)3-4-17(2,14)15/h7-8,12H,3-6,10H2,1-2H3,(H,11,13). The third-order valence-electron chi connectivity index (χ3n) is 2.07. The summed E-state index contributed by atoms with van der Waals surface area (Å²) in [5, 5.41) is 11.4. The predicted octanol–water partition coefficient (Wildman–Crippen LogP) is -2.13. The first-order chi connectivity index (χ1) is 7.80. The summed E-state index contributed by atoms with van der Waals surface area (Å²) in [6.07, 6.45) is 1.13. The van der Waals surface area contributed by atoms with E-state index in [0.717, 1.165) is 6.26 Å². The molecule has 2 atom stereocenters. The first-order valence-corrected chi connectivity index (χ1v) is 7.19. The molecule has 0 aromatic heterocycles. The van der Waals surface area contributed by atoms with E-state index in [1.165, 1.54) is 7.11 Å². The summed E-state index contributed by atoms with van der Waals surface area (Å²) < 4.78 is 26.6. The molecular weight excluding hydrogens is 248 g/mol. The number of hydrogen-bond donors (Lipinski definition) is 3. The topological polar surface area (TPSA) is 119 Å². The van der Waals surface area contributed by atoms with E-state index in [9.17, 15) is 13.2 Å². The average molecular weight is 268 g/mol. The minimum Gasteiger partial charge on any atom is -0.394 e. The number of methoxy groups -OCH3 is 1. The molecule has 0 fully saturated rings. The van der Waals surface area contributed by atoms with Crippen LogP contribution in [0.1, 0.15) is 6.42 Å². The first kappa shape index (κ1) is 16.3. The lowest BCUT2D eigenvalue weighted by atomic mass is 10.2. The molecule has 0 heterocycles. The Labute approximate surface area is 101 Å². The van der Waals surface area contributed by atoms with Crippen molar-refractivity contribution in [3.63, 3.8) is 0 Å². The van der Waals surface area contributed by atoms with Gasteiger partial charge in [0, 0.05) is 13.4 Å². The Morgan fingerprint density at radius 3 is 2.53 bits per heavy atom. The number of sulfone groups is 1. The molecular formula is C9H20N2O5S. The highest BCUT2D eigenvalue weighted by atomic mass is 32.2. The highest BCUT2D eigenvalue weighted by Gasteiger charge is 2.19. The van der Waals surface area contributed by atoms with E-state index in [-0.39, 0.29) is 25.4 Å². The minimum atomic E-state index is -3.13. The quantitative estimate of drug-likeness (QED) is 0.463. The first-order valence-electron chi connectivity index (χ1n) is 5.13. The van der Waals surface area contributed by atoms with Crippen molar-refractivity contribution in [1.29, 1.82) is 0 Å². The van der Waals surface area contributed by atoms with Crippen LogP contribution < -0.4 is 11.1 Å². The van der Waals surface area contributed by atoms with Gasteiger partial charge in [-0.05, 0) is 6.42 Å². The van der Waals surface area contributed by atoms with Gasteiger partial charge >= 0.3 is 0 Å². The molecule has 0 radical (unpaired) electrons. The molecule has 0 aliphatic rings. The Kier molecular flexibility index (Phi) is 7.28. The molecule has 0 aliphatic carbocycles. The molecule has 0 aliphatic heterocycles. The number of rotatable bonds is 8. The molecule has 8 heteroatoms. The summed E-state index contributed by atoms with van der Waals surface area (Å²) in [5.74, 6) is -0.639. The van der Waals surface area contributed by atoms with Gasteiger partial charge in [-0.25, -0.2) is 8.42 Å². The fourth-order valence-corrected chi connectivity index (χ4v) is 1.80. The number of nitrogens with one attached hydrogen (secondary N) is 1. The van der Waals surface area contributed by atoms with E-state index in [1.807, 2.05) is 0 Å². The largest absolute Gasteiger partial charge is 0.394 e. The van der Waals surface area contributed by atoms with Crippen molar-refractivity contribution in [2.75, 3.05) is 32.3 Å². The van der Waals surface area contributed by atoms with Crippen LogP contribution in [0.15, 0.2) is 0 Å². The summed E-state index contributed by atoms with van der Waals surface area (Å²) in [7, 11) is -1.69. The van der Waals surface area contributed by atoms with E-state index in [1.54, 1.807) is 0 Å². The van der Waals surface area contributed by atoms with Crippen molar-refractivity contribution in [3.05, 3.63) is 0 Å². The number of aliphatic hydroxyl groups is 1. The number of aliphatic hydroxyl groups excluding tert-OH is 1. The second kappa shape index (κ2) is 7.59. The third kappa shape index (κ3) is 8.08. The van der Waals surface area contributed by atoms with Gasteiger partial charge in [-0.15, -0.1) is 0 Å². The molecule has 0 aromatic rings. The van der Waals surface area contributed by atoms with Gasteiger partial charge in [0.15, 0.2) is 0 Å². The van der Waals surface area contributed by atoms with Gasteiger partial charge in [-0.2, -0.15) is 0 Å². The number of carbonyl (C=O) groups excluding carboxylic acids is 1. The zero-order chi connectivity index (χ0) is 13.5. The molecule has 102 valence electrons. The number of ether oxygens (including phenoxy) is 1. The van der Waals surface area contributed by atoms with E-state index < -0.39 is 27.8 Å². The molecule has 0 aromatic carbocycles. The maximum atomic E-state index is 11.5. The van der Waals surface area contributed by atoms with Gasteiger partial charge in [0.25, 0.3) is 0 Å². The Morgan fingerprint density at radius 1 is 1.53 bits per heavy atom. The van der Waals surface area contributed by atoms with Crippen LogP contribution in [-0.2, 0) is 19.4 Å². The van der Waals surface area contributed by atoms with Crippen LogP contribution in [0.2, 0.25) is 0 Å².